The third-order valence-corrected chi connectivity index (χ3v) is 2.94. The maximum Gasteiger partial charge on any atom is 0.226 e. The van der Waals surface area contributed by atoms with E-state index in [1.807, 2.05) is 13.8 Å². The largest absolute Gasteiger partial charge is 0.392 e. The Morgan fingerprint density at radius 1 is 1.38 bits per heavy atom. The first-order valence-corrected chi connectivity index (χ1v) is 6.08. The van der Waals surface area contributed by atoms with Crippen molar-refractivity contribution < 1.29 is 14.6 Å². The Morgan fingerprint density at radius 2 is 1.94 bits per heavy atom. The fraction of sp³-hybridized carbons (Fsp3) is 0.917. The van der Waals surface area contributed by atoms with Gasteiger partial charge in [0.15, 0.2) is 0 Å². The minimum Gasteiger partial charge on any atom is -0.392 e. The van der Waals surface area contributed by atoms with Crippen LogP contribution in [0, 0.1) is 5.92 Å². The second-order valence-electron chi connectivity index (χ2n) is 4.82. The average molecular weight is 229 g/mol. The Labute approximate surface area is 97.6 Å². The molecule has 16 heavy (non-hydrogen) atoms. The number of nitrogens with zero attached hydrogens (tertiary/aromatic N) is 1. The molecule has 1 N–H and O–H groups in total. The smallest absolute Gasteiger partial charge is 0.226 e. The zero-order chi connectivity index (χ0) is 12.1. The first-order chi connectivity index (χ1) is 7.52. The average Bonchev–Trinajstić information content (AvgIpc) is 2.25. The number of rotatable bonds is 4. The highest BCUT2D eigenvalue weighted by Gasteiger charge is 2.28. The van der Waals surface area contributed by atoms with E-state index in [1.54, 1.807) is 11.8 Å². The summed E-state index contributed by atoms with van der Waals surface area (Å²) in [4.78, 5) is 14.0. The molecule has 1 aliphatic heterocycles. The van der Waals surface area contributed by atoms with Crippen LogP contribution in [0.1, 0.15) is 33.6 Å². The van der Waals surface area contributed by atoms with Crippen LogP contribution in [-0.2, 0) is 9.53 Å². The maximum absolute atomic E-state index is 12.2. The van der Waals surface area contributed by atoms with Crippen molar-refractivity contribution >= 4 is 5.91 Å². The maximum atomic E-state index is 12.2. The molecule has 0 saturated carbocycles. The van der Waals surface area contributed by atoms with Crippen molar-refractivity contribution in [1.29, 1.82) is 0 Å². The monoisotopic (exact) mass is 229 g/mol. The number of hydrogen-bond acceptors (Lipinski definition) is 3. The van der Waals surface area contributed by atoms with E-state index in [0.717, 1.165) is 12.8 Å². The highest BCUT2D eigenvalue weighted by molar-refractivity contribution is 5.79. The summed E-state index contributed by atoms with van der Waals surface area (Å²) in [6.45, 7) is 7.47. The summed E-state index contributed by atoms with van der Waals surface area (Å²) in [5, 5.41) is 9.40. The highest BCUT2D eigenvalue weighted by Crippen LogP contribution is 2.19. The van der Waals surface area contributed by atoms with Gasteiger partial charge in [0.2, 0.25) is 5.91 Å². The van der Waals surface area contributed by atoms with E-state index in [2.05, 4.69) is 0 Å². The highest BCUT2D eigenvalue weighted by atomic mass is 16.5. The van der Waals surface area contributed by atoms with E-state index in [1.165, 1.54) is 0 Å². The molecule has 1 amide bonds. The predicted molar refractivity (Wildman–Crippen MR) is 62.1 cm³/mol. The number of aliphatic hydroxyl groups is 1. The summed E-state index contributed by atoms with van der Waals surface area (Å²) >= 11 is 0. The lowest BCUT2D eigenvalue weighted by molar-refractivity contribution is -0.141. The number of ether oxygens (including phenoxy) is 1. The van der Waals surface area contributed by atoms with Gasteiger partial charge in [-0.3, -0.25) is 4.79 Å². The molecule has 0 spiro atoms. The lowest BCUT2D eigenvalue weighted by Gasteiger charge is -2.33. The molecule has 0 bridgehead atoms. The quantitative estimate of drug-likeness (QED) is 0.783. The third-order valence-electron chi connectivity index (χ3n) is 2.94. The number of hydrogen-bond donors (Lipinski definition) is 1. The van der Waals surface area contributed by atoms with Gasteiger partial charge in [-0.1, -0.05) is 0 Å². The molecule has 0 aromatic carbocycles. The molecule has 1 heterocycles. The summed E-state index contributed by atoms with van der Waals surface area (Å²) in [6, 6.07) is 0.143. The Morgan fingerprint density at radius 3 is 2.38 bits per heavy atom. The van der Waals surface area contributed by atoms with Crippen molar-refractivity contribution in [1.82, 2.24) is 4.90 Å². The first-order valence-electron chi connectivity index (χ1n) is 6.08. The molecule has 4 nitrogen and oxygen atoms in total. The van der Waals surface area contributed by atoms with Crippen LogP contribution in [0.15, 0.2) is 0 Å². The van der Waals surface area contributed by atoms with E-state index in [-0.39, 0.29) is 17.9 Å². The zero-order valence-electron chi connectivity index (χ0n) is 10.5. The van der Waals surface area contributed by atoms with Crippen LogP contribution in [0.4, 0.5) is 0 Å². The molecule has 0 radical (unpaired) electrons. The zero-order valence-corrected chi connectivity index (χ0v) is 10.5. The Hall–Kier alpha value is -0.610. The van der Waals surface area contributed by atoms with Crippen LogP contribution in [-0.4, -0.2) is 47.8 Å². The molecule has 0 aliphatic carbocycles. The Kier molecular flexibility index (Phi) is 5.22. The molecular weight excluding hydrogens is 206 g/mol. The predicted octanol–water partition coefficient (Wildman–Crippen LogP) is 1.03. The number of aliphatic hydroxyl groups excluding tert-OH is 1. The fourth-order valence-electron chi connectivity index (χ4n) is 2.02. The van der Waals surface area contributed by atoms with Gasteiger partial charge >= 0.3 is 0 Å². The molecule has 1 rings (SSSR count). The summed E-state index contributed by atoms with van der Waals surface area (Å²) in [5.41, 5.74) is 0. The van der Waals surface area contributed by atoms with E-state index >= 15 is 0 Å². The van der Waals surface area contributed by atoms with E-state index in [9.17, 15) is 9.90 Å². The molecule has 1 saturated heterocycles. The van der Waals surface area contributed by atoms with Gasteiger partial charge in [0.25, 0.3) is 0 Å². The number of amides is 1. The SMILES string of the molecule is CC(O)CN(C(=O)C1CCOCC1)C(C)C. The molecular formula is C12H23NO3. The van der Waals surface area contributed by atoms with Crippen molar-refractivity contribution in [3.05, 3.63) is 0 Å². The second-order valence-corrected chi connectivity index (χ2v) is 4.82. The van der Waals surface area contributed by atoms with Gasteiger partial charge in [-0.2, -0.15) is 0 Å². The topological polar surface area (TPSA) is 49.8 Å². The molecule has 0 aromatic rings. The van der Waals surface area contributed by atoms with E-state index < -0.39 is 6.10 Å². The van der Waals surface area contributed by atoms with E-state index in [0.29, 0.717) is 19.8 Å². The summed E-state index contributed by atoms with van der Waals surface area (Å²) in [5.74, 6) is 0.245. The lowest BCUT2D eigenvalue weighted by atomic mass is 9.98. The molecule has 1 atom stereocenters. The van der Waals surface area contributed by atoms with Crippen molar-refractivity contribution in [2.75, 3.05) is 19.8 Å². The van der Waals surface area contributed by atoms with Gasteiger partial charge in [-0.05, 0) is 33.6 Å². The van der Waals surface area contributed by atoms with E-state index in [4.69, 9.17) is 4.74 Å². The first kappa shape index (κ1) is 13.5. The van der Waals surface area contributed by atoms with Gasteiger partial charge in [0.1, 0.15) is 0 Å². The molecule has 4 heteroatoms. The number of carbonyl (C=O) groups is 1. The van der Waals surface area contributed by atoms with Crippen molar-refractivity contribution in [3.63, 3.8) is 0 Å². The molecule has 1 unspecified atom stereocenters. The molecule has 1 fully saturated rings. The second kappa shape index (κ2) is 6.21. The Balaban J connectivity index is 2.58. The normalized spacial score (nSPS) is 19.8. The van der Waals surface area contributed by atoms with Gasteiger partial charge in [-0.15, -0.1) is 0 Å². The minimum atomic E-state index is -0.466. The van der Waals surface area contributed by atoms with Crippen molar-refractivity contribution in [3.8, 4) is 0 Å². The number of carbonyl (C=O) groups excluding carboxylic acids is 1. The van der Waals surface area contributed by atoms with Crippen molar-refractivity contribution in [2.45, 2.75) is 45.8 Å². The Bertz CT molecular complexity index is 222. The van der Waals surface area contributed by atoms with Crippen LogP contribution in [0.2, 0.25) is 0 Å². The fourth-order valence-corrected chi connectivity index (χ4v) is 2.02. The van der Waals surface area contributed by atoms with Gasteiger partial charge in [-0.25, -0.2) is 0 Å². The van der Waals surface area contributed by atoms with Gasteiger partial charge in [0, 0.05) is 31.7 Å². The summed E-state index contributed by atoms with van der Waals surface area (Å²) in [6.07, 6.45) is 1.15. The summed E-state index contributed by atoms with van der Waals surface area (Å²) in [7, 11) is 0. The standard InChI is InChI=1S/C12H23NO3/c1-9(2)13(8-10(3)14)12(15)11-4-6-16-7-5-11/h9-11,14H,4-8H2,1-3H3. The minimum absolute atomic E-state index is 0.0786. The van der Waals surface area contributed by atoms with Crippen molar-refractivity contribution in [2.24, 2.45) is 5.92 Å². The molecule has 0 aromatic heterocycles. The van der Waals surface area contributed by atoms with Crippen LogP contribution in [0.5, 0.6) is 0 Å². The van der Waals surface area contributed by atoms with Gasteiger partial charge < -0.3 is 14.7 Å². The van der Waals surface area contributed by atoms with Crippen LogP contribution in [0.3, 0.4) is 0 Å². The lowest BCUT2D eigenvalue weighted by Crippen LogP contribution is -2.45. The van der Waals surface area contributed by atoms with Crippen LogP contribution < -0.4 is 0 Å². The summed E-state index contributed by atoms with van der Waals surface area (Å²) < 4.78 is 5.25. The van der Waals surface area contributed by atoms with Crippen LogP contribution in [0.25, 0.3) is 0 Å². The molecule has 1 aliphatic rings. The van der Waals surface area contributed by atoms with Crippen LogP contribution >= 0.6 is 0 Å². The van der Waals surface area contributed by atoms with Gasteiger partial charge in [0.05, 0.1) is 6.10 Å². The third kappa shape index (κ3) is 3.76. The molecule has 94 valence electrons.